The summed E-state index contributed by atoms with van der Waals surface area (Å²) in [6.45, 7) is 9.47. The largest absolute Gasteiger partial charge is 0.488 e. The van der Waals surface area contributed by atoms with Gasteiger partial charge in [-0.25, -0.2) is 4.98 Å². The number of methoxy groups -OCH3 is 1. The summed E-state index contributed by atoms with van der Waals surface area (Å²) in [5.41, 5.74) is 4.61. The number of hydrogen-bond donors (Lipinski definition) is 3. The van der Waals surface area contributed by atoms with Crippen LogP contribution in [0.25, 0.3) is 32.9 Å². The topological polar surface area (TPSA) is 88.6 Å². The van der Waals surface area contributed by atoms with E-state index in [0.717, 1.165) is 75.1 Å². The summed E-state index contributed by atoms with van der Waals surface area (Å²) in [7, 11) is 3.48. The lowest BCUT2D eigenvalue weighted by Crippen LogP contribution is -2.49. The van der Waals surface area contributed by atoms with Gasteiger partial charge in [-0.05, 0) is 74.7 Å². The van der Waals surface area contributed by atoms with Crippen molar-refractivity contribution in [1.29, 1.82) is 0 Å². The van der Waals surface area contributed by atoms with Crippen LogP contribution in [0.3, 0.4) is 0 Å². The Bertz CT molecular complexity index is 1510. The first-order valence-corrected chi connectivity index (χ1v) is 13.3. The van der Waals surface area contributed by atoms with Crippen molar-refractivity contribution < 1.29 is 19.2 Å². The quantitative estimate of drug-likeness (QED) is 0.319. The van der Waals surface area contributed by atoms with Crippen LogP contribution in [0.2, 0.25) is 0 Å². The zero-order valence-corrected chi connectivity index (χ0v) is 22.7. The molecule has 0 spiro atoms. The molecule has 197 valence electrons. The van der Waals surface area contributed by atoms with Crippen molar-refractivity contribution in [2.75, 3.05) is 20.3 Å². The van der Waals surface area contributed by atoms with E-state index in [1.807, 2.05) is 19.9 Å². The minimum atomic E-state index is -0.971. The maximum absolute atomic E-state index is 10.4. The number of aliphatic hydroxyl groups is 1. The second kappa shape index (κ2) is 9.38. The van der Waals surface area contributed by atoms with Crippen LogP contribution in [-0.2, 0) is 16.0 Å². The highest BCUT2D eigenvalue weighted by atomic mass is 16.5. The molecule has 38 heavy (non-hydrogen) atoms. The van der Waals surface area contributed by atoms with E-state index < -0.39 is 11.2 Å². The van der Waals surface area contributed by atoms with Gasteiger partial charge in [-0.3, -0.25) is 0 Å². The molecule has 0 bridgehead atoms. The molecule has 4 aromatic rings. The van der Waals surface area contributed by atoms with E-state index in [1.165, 1.54) is 0 Å². The molecular formula is C30H35BN3O4. The predicted octanol–water partition coefficient (Wildman–Crippen LogP) is 4.38. The molecule has 1 aromatic heterocycles. The number of aromatic nitrogens is 2. The second-order valence-corrected chi connectivity index (χ2v) is 11.7. The fraction of sp³-hybridized carbons (Fsp3) is 0.433. The summed E-state index contributed by atoms with van der Waals surface area (Å²) < 4.78 is 17.6. The Balaban J connectivity index is 1.29. The number of hydrogen-bond acceptors (Lipinski definition) is 6. The van der Waals surface area contributed by atoms with Gasteiger partial charge in [0.2, 0.25) is 0 Å². The summed E-state index contributed by atoms with van der Waals surface area (Å²) in [6.07, 6.45) is 1.01. The molecule has 0 amide bonds. The van der Waals surface area contributed by atoms with Crippen molar-refractivity contribution in [2.24, 2.45) is 5.92 Å². The molecule has 2 atom stereocenters. The fourth-order valence-corrected chi connectivity index (χ4v) is 5.30. The summed E-state index contributed by atoms with van der Waals surface area (Å²) in [4.78, 5) is 8.57. The standard InChI is InChI=1S/C30H35BN3O4/c1-29(2,35)30(3,4)38-31-20-7-8-21-19(11-20)16-37-26-13-22-18(12-23(21)26)6-9-24-27(22)34-28(33-24)25-10-17(14-32-25)15-36-5/h6-9,11-13,17,25,32,35H,10,14-16H2,1-5H3,(H,33,34)/t17-,25-/m0/s1. The van der Waals surface area contributed by atoms with E-state index in [9.17, 15) is 5.11 Å². The van der Waals surface area contributed by atoms with Crippen LogP contribution in [0, 0.1) is 5.92 Å². The van der Waals surface area contributed by atoms with Crippen LogP contribution in [0.5, 0.6) is 5.75 Å². The normalized spacial score (nSPS) is 19.4. The lowest BCUT2D eigenvalue weighted by molar-refractivity contribution is -0.0893. The van der Waals surface area contributed by atoms with Gasteiger partial charge in [-0.15, -0.1) is 0 Å². The zero-order chi connectivity index (χ0) is 26.7. The maximum Gasteiger partial charge on any atom is 0.330 e. The number of rotatable bonds is 7. The molecule has 1 fully saturated rings. The molecule has 3 aromatic carbocycles. The highest BCUT2D eigenvalue weighted by molar-refractivity contribution is 6.47. The average Bonchev–Trinajstić information content (AvgIpc) is 3.53. The van der Waals surface area contributed by atoms with Crippen molar-refractivity contribution in [2.45, 2.75) is 58.0 Å². The van der Waals surface area contributed by atoms with E-state index in [2.05, 4.69) is 46.7 Å². The fourth-order valence-electron chi connectivity index (χ4n) is 5.30. The van der Waals surface area contributed by atoms with Gasteiger partial charge in [-0.1, -0.05) is 29.7 Å². The minimum absolute atomic E-state index is 0.211. The second-order valence-electron chi connectivity index (χ2n) is 11.7. The maximum atomic E-state index is 10.4. The Kier molecular flexibility index (Phi) is 6.26. The Morgan fingerprint density at radius 2 is 1.95 bits per heavy atom. The van der Waals surface area contributed by atoms with Crippen molar-refractivity contribution in [3.8, 4) is 16.9 Å². The monoisotopic (exact) mass is 512 g/mol. The van der Waals surface area contributed by atoms with Crippen LogP contribution in [0.15, 0.2) is 42.5 Å². The summed E-state index contributed by atoms with van der Waals surface area (Å²) >= 11 is 0. The van der Waals surface area contributed by atoms with Crippen LogP contribution < -0.4 is 15.5 Å². The van der Waals surface area contributed by atoms with Crippen LogP contribution in [-0.4, -0.2) is 54.0 Å². The Morgan fingerprint density at radius 1 is 1.11 bits per heavy atom. The number of imidazole rings is 1. The number of nitrogens with zero attached hydrogens (tertiary/aromatic N) is 1. The summed E-state index contributed by atoms with van der Waals surface area (Å²) in [5.74, 6) is 2.36. The first-order chi connectivity index (χ1) is 18.1. The number of fused-ring (bicyclic) bond motifs is 6. The third-order valence-corrected chi connectivity index (χ3v) is 8.31. The molecule has 3 N–H and O–H groups in total. The molecule has 3 heterocycles. The van der Waals surface area contributed by atoms with Crippen molar-refractivity contribution in [3.05, 3.63) is 53.9 Å². The number of aromatic amines is 1. The lowest BCUT2D eigenvalue weighted by atomic mass is 9.80. The number of H-pyrrole nitrogens is 1. The Hall–Kier alpha value is -2.91. The van der Waals surface area contributed by atoms with Gasteiger partial charge in [0.1, 0.15) is 18.2 Å². The highest BCUT2D eigenvalue weighted by Gasteiger charge is 2.36. The van der Waals surface area contributed by atoms with Gasteiger partial charge in [-0.2, -0.15) is 0 Å². The van der Waals surface area contributed by atoms with E-state index in [-0.39, 0.29) is 6.04 Å². The molecule has 0 aliphatic carbocycles. The first-order valence-electron chi connectivity index (χ1n) is 13.3. The average molecular weight is 512 g/mol. The first kappa shape index (κ1) is 25.4. The molecule has 0 saturated carbocycles. The van der Waals surface area contributed by atoms with E-state index in [4.69, 9.17) is 19.1 Å². The van der Waals surface area contributed by atoms with E-state index in [1.54, 1.807) is 28.4 Å². The van der Waals surface area contributed by atoms with Crippen molar-refractivity contribution in [1.82, 2.24) is 15.3 Å². The molecule has 1 radical (unpaired) electrons. The van der Waals surface area contributed by atoms with Gasteiger partial charge >= 0.3 is 7.48 Å². The Labute approximate surface area is 224 Å². The molecular weight excluding hydrogens is 477 g/mol. The predicted molar refractivity (Wildman–Crippen MR) is 151 cm³/mol. The highest BCUT2D eigenvalue weighted by Crippen LogP contribution is 2.41. The SMILES string of the molecule is COC[C@@H]1CN[C@H](c2nc3c(ccc4cc5c(cc43)OCc3cc([B]OC(C)(C)C(C)(C)O)ccc3-5)[nH]2)C1. The van der Waals surface area contributed by atoms with E-state index >= 15 is 0 Å². The van der Waals surface area contributed by atoms with Crippen LogP contribution in [0.4, 0.5) is 0 Å². The third kappa shape index (κ3) is 4.49. The molecule has 8 heteroatoms. The van der Waals surface area contributed by atoms with Crippen LogP contribution in [0.1, 0.15) is 51.5 Å². The molecule has 2 aliphatic heterocycles. The van der Waals surface area contributed by atoms with Gasteiger partial charge in [0, 0.05) is 24.6 Å². The molecule has 6 rings (SSSR count). The number of ether oxygens (including phenoxy) is 2. The van der Waals surface area contributed by atoms with E-state index in [0.29, 0.717) is 12.5 Å². The van der Waals surface area contributed by atoms with Gasteiger partial charge in [0.25, 0.3) is 0 Å². The van der Waals surface area contributed by atoms with Crippen LogP contribution >= 0.6 is 0 Å². The molecule has 0 unspecified atom stereocenters. The van der Waals surface area contributed by atoms with Crippen molar-refractivity contribution >= 4 is 34.8 Å². The number of benzene rings is 3. The molecule has 7 nitrogen and oxygen atoms in total. The molecule has 1 saturated heterocycles. The zero-order valence-electron chi connectivity index (χ0n) is 22.7. The summed E-state index contributed by atoms with van der Waals surface area (Å²) in [5, 5.41) is 16.2. The van der Waals surface area contributed by atoms with Gasteiger partial charge < -0.3 is 29.5 Å². The van der Waals surface area contributed by atoms with Gasteiger partial charge in [0.05, 0.1) is 34.9 Å². The lowest BCUT2D eigenvalue weighted by Gasteiger charge is -2.37. The Morgan fingerprint density at radius 3 is 2.74 bits per heavy atom. The van der Waals surface area contributed by atoms with Gasteiger partial charge in [0.15, 0.2) is 0 Å². The third-order valence-electron chi connectivity index (χ3n) is 8.31. The summed E-state index contributed by atoms with van der Waals surface area (Å²) in [6, 6.07) is 15.1. The smallest absolute Gasteiger partial charge is 0.330 e. The molecule has 2 aliphatic rings. The van der Waals surface area contributed by atoms with Crippen molar-refractivity contribution in [3.63, 3.8) is 0 Å². The number of nitrogens with one attached hydrogen (secondary N) is 2. The minimum Gasteiger partial charge on any atom is -0.488 e.